The Balaban J connectivity index is 1.65. The summed E-state index contributed by atoms with van der Waals surface area (Å²) in [4.78, 5) is 4.72. The van der Waals surface area contributed by atoms with Gasteiger partial charge < -0.3 is 9.64 Å². The van der Waals surface area contributed by atoms with E-state index in [1.54, 1.807) is 0 Å². The molecule has 0 atom stereocenters. The van der Waals surface area contributed by atoms with Crippen LogP contribution in [0, 0.1) is 0 Å². The summed E-state index contributed by atoms with van der Waals surface area (Å²) in [6.45, 7) is 5.18. The minimum atomic E-state index is 0.767. The summed E-state index contributed by atoms with van der Waals surface area (Å²) in [5.41, 5.74) is 3.86. The molecule has 0 aliphatic carbocycles. The predicted octanol–water partition coefficient (Wildman–Crippen LogP) is 4.28. The van der Waals surface area contributed by atoms with E-state index < -0.39 is 0 Å². The van der Waals surface area contributed by atoms with E-state index >= 15 is 0 Å². The number of nitrogens with zero attached hydrogens (tertiary/aromatic N) is 2. The van der Waals surface area contributed by atoms with Crippen LogP contribution in [-0.4, -0.2) is 50.1 Å². The molecule has 0 unspecified atom stereocenters. The van der Waals surface area contributed by atoms with Crippen LogP contribution in [0.2, 0.25) is 0 Å². The Morgan fingerprint density at radius 1 is 0.960 bits per heavy atom. The van der Waals surface area contributed by atoms with Gasteiger partial charge in [0.05, 0.1) is 0 Å². The third-order valence-corrected chi connectivity index (χ3v) is 4.77. The zero-order chi connectivity index (χ0) is 17.5. The van der Waals surface area contributed by atoms with E-state index in [1.807, 2.05) is 0 Å². The maximum absolute atomic E-state index is 6.04. The summed E-state index contributed by atoms with van der Waals surface area (Å²) < 4.78 is 6.04. The summed E-state index contributed by atoms with van der Waals surface area (Å²) in [5, 5.41) is 0. The van der Waals surface area contributed by atoms with Gasteiger partial charge in [0.2, 0.25) is 0 Å². The lowest BCUT2D eigenvalue weighted by Gasteiger charge is -2.26. The third-order valence-electron chi connectivity index (χ3n) is 4.77. The molecule has 0 saturated carbocycles. The first-order valence-corrected chi connectivity index (χ1v) is 9.40. The minimum absolute atomic E-state index is 0.767. The van der Waals surface area contributed by atoms with E-state index in [0.29, 0.717) is 0 Å². The Kier molecular flexibility index (Phi) is 6.48. The molecule has 1 heterocycles. The monoisotopic (exact) mass is 338 g/mol. The van der Waals surface area contributed by atoms with Crippen LogP contribution < -0.4 is 4.74 Å². The van der Waals surface area contributed by atoms with Gasteiger partial charge >= 0.3 is 0 Å². The zero-order valence-electron chi connectivity index (χ0n) is 15.6. The van der Waals surface area contributed by atoms with Crippen LogP contribution in [0.1, 0.15) is 24.8 Å². The van der Waals surface area contributed by atoms with Gasteiger partial charge in [-0.2, -0.15) is 0 Å². The van der Waals surface area contributed by atoms with Crippen LogP contribution in [0.4, 0.5) is 0 Å². The van der Waals surface area contributed by atoms with Crippen LogP contribution in [0.25, 0.3) is 11.1 Å². The first kappa shape index (κ1) is 18.0. The Morgan fingerprint density at radius 3 is 2.56 bits per heavy atom. The second-order valence-corrected chi connectivity index (χ2v) is 7.17. The molecule has 3 heteroatoms. The standard InChI is InChI=1S/C22H30N2O/c1-23(2)18-20-9-4-5-12-22(20)19-10-8-11-21(17-19)25-16-15-24-13-6-3-7-14-24/h4-5,8-12,17H,3,6-7,13-16,18H2,1-2H3. The van der Waals surface area contributed by atoms with Crippen LogP contribution in [0.5, 0.6) is 5.75 Å². The fraction of sp³-hybridized carbons (Fsp3) is 0.455. The second-order valence-electron chi connectivity index (χ2n) is 7.17. The first-order chi connectivity index (χ1) is 12.2. The van der Waals surface area contributed by atoms with Crippen molar-refractivity contribution in [2.75, 3.05) is 40.3 Å². The quantitative estimate of drug-likeness (QED) is 0.749. The van der Waals surface area contributed by atoms with E-state index in [0.717, 1.165) is 25.4 Å². The molecule has 3 rings (SSSR count). The average Bonchev–Trinajstić information content (AvgIpc) is 2.63. The number of ether oxygens (including phenoxy) is 1. The summed E-state index contributed by atoms with van der Waals surface area (Å²) >= 11 is 0. The van der Waals surface area contributed by atoms with Gasteiger partial charge in [-0.3, -0.25) is 4.90 Å². The van der Waals surface area contributed by atoms with Gasteiger partial charge in [0, 0.05) is 13.1 Å². The van der Waals surface area contributed by atoms with Gasteiger partial charge in [0.15, 0.2) is 0 Å². The predicted molar refractivity (Wildman–Crippen MR) is 105 cm³/mol. The van der Waals surface area contributed by atoms with Crippen LogP contribution in [0.3, 0.4) is 0 Å². The average molecular weight is 338 g/mol. The topological polar surface area (TPSA) is 15.7 Å². The molecule has 1 fully saturated rings. The summed E-state index contributed by atoms with van der Waals surface area (Å²) in [5.74, 6) is 0.967. The highest BCUT2D eigenvalue weighted by Gasteiger charge is 2.10. The van der Waals surface area contributed by atoms with Gasteiger partial charge in [-0.1, -0.05) is 42.8 Å². The number of likely N-dealkylation sites (tertiary alicyclic amines) is 1. The van der Waals surface area contributed by atoms with Crippen LogP contribution >= 0.6 is 0 Å². The molecule has 0 aromatic heterocycles. The van der Waals surface area contributed by atoms with Gasteiger partial charge in [0.1, 0.15) is 12.4 Å². The molecule has 25 heavy (non-hydrogen) atoms. The van der Waals surface area contributed by atoms with Gasteiger partial charge in [-0.25, -0.2) is 0 Å². The Morgan fingerprint density at radius 2 is 1.76 bits per heavy atom. The fourth-order valence-corrected chi connectivity index (χ4v) is 3.51. The molecule has 0 radical (unpaired) electrons. The molecule has 1 aliphatic heterocycles. The molecule has 0 amide bonds. The summed E-state index contributed by atoms with van der Waals surface area (Å²) in [6, 6.07) is 17.1. The molecule has 1 aliphatic rings. The Bertz CT molecular complexity index is 663. The number of rotatable bonds is 7. The lowest BCUT2D eigenvalue weighted by Crippen LogP contribution is -2.33. The molecular weight excluding hydrogens is 308 g/mol. The number of hydrogen-bond donors (Lipinski definition) is 0. The molecular formula is C22H30N2O. The van der Waals surface area contributed by atoms with Crippen molar-refractivity contribution < 1.29 is 4.74 Å². The smallest absolute Gasteiger partial charge is 0.119 e. The van der Waals surface area contributed by atoms with E-state index in [4.69, 9.17) is 4.74 Å². The molecule has 2 aromatic rings. The first-order valence-electron chi connectivity index (χ1n) is 9.40. The summed E-state index contributed by atoms with van der Waals surface area (Å²) in [7, 11) is 4.22. The van der Waals surface area contributed by atoms with Crippen LogP contribution in [-0.2, 0) is 6.54 Å². The number of hydrogen-bond acceptors (Lipinski definition) is 3. The van der Waals surface area contributed by atoms with Crippen molar-refractivity contribution in [1.29, 1.82) is 0 Å². The Labute approximate surface area is 152 Å². The molecule has 0 spiro atoms. The zero-order valence-corrected chi connectivity index (χ0v) is 15.6. The van der Waals surface area contributed by atoms with E-state index in [2.05, 4.69) is 72.4 Å². The molecule has 3 nitrogen and oxygen atoms in total. The lowest BCUT2D eigenvalue weighted by atomic mass is 9.99. The van der Waals surface area contributed by atoms with Crippen molar-refractivity contribution in [3.8, 4) is 16.9 Å². The lowest BCUT2D eigenvalue weighted by molar-refractivity contribution is 0.183. The van der Waals surface area contributed by atoms with Gasteiger partial charge in [-0.15, -0.1) is 0 Å². The van der Waals surface area contributed by atoms with Crippen molar-refractivity contribution in [2.24, 2.45) is 0 Å². The third kappa shape index (κ3) is 5.32. The molecule has 1 saturated heterocycles. The Hall–Kier alpha value is -1.84. The number of piperidine rings is 1. The van der Waals surface area contributed by atoms with E-state index in [9.17, 15) is 0 Å². The van der Waals surface area contributed by atoms with Crippen molar-refractivity contribution in [3.63, 3.8) is 0 Å². The highest BCUT2D eigenvalue weighted by molar-refractivity contribution is 5.68. The van der Waals surface area contributed by atoms with Gasteiger partial charge in [-0.05, 0) is 68.8 Å². The molecule has 0 bridgehead atoms. The van der Waals surface area contributed by atoms with Crippen molar-refractivity contribution in [3.05, 3.63) is 54.1 Å². The molecule has 2 aromatic carbocycles. The van der Waals surface area contributed by atoms with Crippen molar-refractivity contribution >= 4 is 0 Å². The fourth-order valence-electron chi connectivity index (χ4n) is 3.51. The normalized spacial score (nSPS) is 15.5. The maximum Gasteiger partial charge on any atom is 0.119 e. The van der Waals surface area contributed by atoms with Crippen LogP contribution in [0.15, 0.2) is 48.5 Å². The SMILES string of the molecule is CN(C)Cc1ccccc1-c1cccc(OCCN2CCCCC2)c1. The second kappa shape index (κ2) is 9.02. The van der Waals surface area contributed by atoms with E-state index in [-0.39, 0.29) is 0 Å². The summed E-state index contributed by atoms with van der Waals surface area (Å²) in [6.07, 6.45) is 4.04. The van der Waals surface area contributed by atoms with E-state index in [1.165, 1.54) is 49.0 Å². The minimum Gasteiger partial charge on any atom is -0.492 e. The van der Waals surface area contributed by atoms with Crippen molar-refractivity contribution in [1.82, 2.24) is 9.80 Å². The highest BCUT2D eigenvalue weighted by Crippen LogP contribution is 2.27. The molecule has 0 N–H and O–H groups in total. The number of benzene rings is 2. The largest absolute Gasteiger partial charge is 0.492 e. The maximum atomic E-state index is 6.04. The molecule has 134 valence electrons. The van der Waals surface area contributed by atoms with Crippen molar-refractivity contribution in [2.45, 2.75) is 25.8 Å². The van der Waals surface area contributed by atoms with Gasteiger partial charge in [0.25, 0.3) is 0 Å². The highest BCUT2D eigenvalue weighted by atomic mass is 16.5.